The van der Waals surface area contributed by atoms with Gasteiger partial charge in [-0.05, 0) is 30.3 Å². The van der Waals surface area contributed by atoms with Crippen molar-refractivity contribution in [3.63, 3.8) is 0 Å². The monoisotopic (exact) mass is 1030 g/mol. The number of alkyl halides is 24. The van der Waals surface area contributed by atoms with Gasteiger partial charge in [-0.2, -0.15) is 127 Å². The minimum absolute atomic E-state index is 0.691. The van der Waals surface area contributed by atoms with Crippen LogP contribution in [0.2, 0.25) is 0 Å². The summed E-state index contributed by atoms with van der Waals surface area (Å²) in [5.41, 5.74) is -27.1. The molecule has 6 aromatic rings. The van der Waals surface area contributed by atoms with Gasteiger partial charge in [0.05, 0.1) is 44.5 Å². The Balaban J connectivity index is 0.000000680. The highest BCUT2D eigenvalue weighted by Crippen LogP contribution is 2.41. The van der Waals surface area contributed by atoms with E-state index in [0.717, 1.165) is 5.52 Å². The Kier molecular flexibility index (Phi) is 13.8. The summed E-state index contributed by atoms with van der Waals surface area (Å²) in [6, 6.07) is -0.663. The molecule has 68 heavy (non-hydrogen) atoms. The Morgan fingerprint density at radius 2 is 0.574 bits per heavy atom. The van der Waals surface area contributed by atoms with E-state index in [1.165, 1.54) is 4.70 Å². The summed E-state index contributed by atoms with van der Waals surface area (Å²) in [5.74, 6) is 0. The number of halogens is 24. The van der Waals surface area contributed by atoms with Crippen molar-refractivity contribution in [2.24, 2.45) is 0 Å². The van der Waals surface area contributed by atoms with Crippen LogP contribution in [0, 0.1) is 0 Å². The summed E-state index contributed by atoms with van der Waals surface area (Å²) in [6.45, 7) is 0. The molecular weight excluding hydrogens is 1010 g/mol. The summed E-state index contributed by atoms with van der Waals surface area (Å²) in [4.78, 5) is 5.09. The van der Waals surface area contributed by atoms with Crippen LogP contribution in [-0.2, 0) is 49.4 Å². The summed E-state index contributed by atoms with van der Waals surface area (Å²) in [7, 11) is 1.67. The van der Waals surface area contributed by atoms with E-state index in [0.29, 0.717) is 0 Å². The van der Waals surface area contributed by atoms with Crippen molar-refractivity contribution < 1.29 is 115 Å². The topological polar surface area (TPSA) is 13.1 Å². The summed E-state index contributed by atoms with van der Waals surface area (Å²) < 4.78 is 344. The van der Waals surface area contributed by atoms with Gasteiger partial charge in [-0.1, -0.05) is 72.0 Å². The maximum atomic E-state index is 14.2. The van der Waals surface area contributed by atoms with Gasteiger partial charge in [0.25, 0.3) is 11.0 Å². The largest absolute Gasteiger partial charge is 0.416 e. The molecule has 368 valence electrons. The quantitative estimate of drug-likeness (QED) is 0.0953. The van der Waals surface area contributed by atoms with E-state index >= 15 is 0 Å². The van der Waals surface area contributed by atoms with Gasteiger partial charge < -0.3 is 0 Å². The molecule has 0 aliphatic heterocycles. The van der Waals surface area contributed by atoms with E-state index in [9.17, 15) is 105 Å². The Labute approximate surface area is 367 Å². The standard InChI is InChI=1S/C32H12BF24.C8H8NOS/c34-25(35,36)13-1-14(26(37,38)39)6-21(5-13)33(22-7-15(27(40,41)42)2-16(8-22)28(43,44)45,23-9-17(29(46,47)48)3-18(10-23)30(49,50)51)24-11-19(31(52,53)54)4-20(12-24)32(55,56)57;1-10-9-6-11-8-5-3-2-4-7(8)9/h1-12H;2-6H,1H3/q-1;+1. The fourth-order valence-electron chi connectivity index (χ4n) is 7.11. The second kappa shape index (κ2) is 17.6. The summed E-state index contributed by atoms with van der Waals surface area (Å²) in [6.07, 6.45) is -54.8. The number of thiazole rings is 1. The first-order valence-electron chi connectivity index (χ1n) is 18.0. The second-order valence-electron chi connectivity index (χ2n) is 14.4. The van der Waals surface area contributed by atoms with E-state index in [2.05, 4.69) is 6.07 Å². The van der Waals surface area contributed by atoms with Crippen molar-refractivity contribution in [2.45, 2.75) is 49.4 Å². The third-order valence-electron chi connectivity index (χ3n) is 10.0. The van der Waals surface area contributed by atoms with Crippen molar-refractivity contribution in [2.75, 3.05) is 7.11 Å². The van der Waals surface area contributed by atoms with Crippen molar-refractivity contribution in [1.82, 2.24) is 0 Å². The van der Waals surface area contributed by atoms with Gasteiger partial charge in [0.2, 0.25) is 0 Å². The molecule has 0 spiro atoms. The number of benzene rings is 5. The van der Waals surface area contributed by atoms with Gasteiger partial charge >= 0.3 is 49.4 Å². The van der Waals surface area contributed by atoms with Crippen molar-refractivity contribution in [3.8, 4) is 0 Å². The van der Waals surface area contributed by atoms with Gasteiger partial charge in [-0.3, -0.25) is 4.84 Å². The molecule has 0 saturated heterocycles. The molecule has 0 atom stereocenters. The van der Waals surface area contributed by atoms with E-state index < -0.39 is 195 Å². The van der Waals surface area contributed by atoms with Crippen molar-refractivity contribution in [1.29, 1.82) is 0 Å². The first-order valence-corrected chi connectivity index (χ1v) is 18.8. The lowest BCUT2D eigenvalue weighted by Gasteiger charge is -2.46. The molecule has 0 fully saturated rings. The molecule has 6 rings (SSSR count). The highest BCUT2D eigenvalue weighted by molar-refractivity contribution is 7.20. The molecule has 0 aliphatic rings. The minimum Gasteiger partial charge on any atom is -0.273 e. The predicted molar refractivity (Wildman–Crippen MR) is 195 cm³/mol. The van der Waals surface area contributed by atoms with E-state index in [4.69, 9.17) is 4.84 Å². The molecular formula is C40H20BF24NOS. The molecule has 5 aromatic carbocycles. The average Bonchev–Trinajstić information content (AvgIpc) is 3.62. The second-order valence-corrected chi connectivity index (χ2v) is 15.3. The van der Waals surface area contributed by atoms with Crippen LogP contribution < -0.4 is 31.4 Å². The normalized spacial score (nSPS) is 13.7. The lowest BCUT2D eigenvalue weighted by atomic mass is 9.12. The Morgan fingerprint density at radius 3 is 0.779 bits per heavy atom. The molecule has 0 unspecified atom stereocenters. The molecule has 0 radical (unpaired) electrons. The molecule has 0 N–H and O–H groups in total. The summed E-state index contributed by atoms with van der Waals surface area (Å²) >= 11 is 1.68. The average molecular weight is 1030 g/mol. The highest BCUT2D eigenvalue weighted by Gasteiger charge is 2.47. The number of hydrogen-bond acceptors (Lipinski definition) is 2. The fraction of sp³-hybridized carbons (Fsp3) is 0.225. The summed E-state index contributed by atoms with van der Waals surface area (Å²) in [5, 5.41) is 0. The van der Waals surface area contributed by atoms with E-state index in [1.54, 1.807) is 23.2 Å². The Bertz CT molecular complexity index is 2350. The zero-order valence-electron chi connectivity index (χ0n) is 32.7. The van der Waals surface area contributed by atoms with Crippen LogP contribution in [0.3, 0.4) is 0 Å². The molecule has 1 aromatic heterocycles. The smallest absolute Gasteiger partial charge is 0.273 e. The predicted octanol–water partition coefficient (Wildman–Crippen LogP) is 12.5. The Hall–Kier alpha value is -5.83. The zero-order valence-corrected chi connectivity index (χ0v) is 33.5. The van der Waals surface area contributed by atoms with Crippen LogP contribution >= 0.6 is 11.3 Å². The molecule has 2 nitrogen and oxygen atoms in total. The maximum Gasteiger partial charge on any atom is 0.416 e. The van der Waals surface area contributed by atoms with Crippen LogP contribution in [0.1, 0.15) is 44.5 Å². The van der Waals surface area contributed by atoms with Gasteiger partial charge in [0.15, 0.2) is 0 Å². The fourth-order valence-corrected chi connectivity index (χ4v) is 7.96. The number of aromatic nitrogens is 1. The lowest BCUT2D eigenvalue weighted by Crippen LogP contribution is -2.75. The van der Waals surface area contributed by atoms with E-state index in [-0.39, 0.29) is 0 Å². The highest BCUT2D eigenvalue weighted by atomic mass is 32.1. The van der Waals surface area contributed by atoms with Gasteiger partial charge in [-0.25, -0.2) is 0 Å². The number of fused-ring (bicyclic) bond motifs is 1. The van der Waals surface area contributed by atoms with Crippen LogP contribution in [0.15, 0.2) is 103 Å². The molecule has 0 saturated carbocycles. The van der Waals surface area contributed by atoms with Gasteiger partial charge in [-0.15, -0.1) is 0 Å². The molecule has 0 aliphatic carbocycles. The first-order chi connectivity index (χ1) is 30.7. The lowest BCUT2D eigenvalue weighted by molar-refractivity contribution is -0.862. The third kappa shape index (κ3) is 11.4. The zero-order chi connectivity index (χ0) is 51.6. The molecule has 0 amide bonds. The van der Waals surface area contributed by atoms with Crippen LogP contribution in [0.5, 0.6) is 0 Å². The Morgan fingerprint density at radius 1 is 0.353 bits per heavy atom. The van der Waals surface area contributed by atoms with Crippen LogP contribution in [-0.4, -0.2) is 13.3 Å². The third-order valence-corrected chi connectivity index (χ3v) is 10.9. The number of hydrogen-bond donors (Lipinski definition) is 0. The SMILES string of the molecule is CO[n+]1csc2ccccc21.FC(F)(F)c1cc([B-](c2cc(C(F)(F)F)cc(C(F)(F)F)c2)(c2cc(C(F)(F)F)cc(C(F)(F)F)c2)c2cc(C(F)(F)F)cc(C(F)(F)F)c2)cc(C(F)(F)F)c1. The minimum atomic E-state index is -6.13. The molecule has 1 heterocycles. The molecule has 28 heteroatoms. The maximum absolute atomic E-state index is 14.2. The first kappa shape index (κ1) is 53.1. The van der Waals surface area contributed by atoms with Crippen molar-refractivity contribution in [3.05, 3.63) is 147 Å². The van der Waals surface area contributed by atoms with Gasteiger partial charge in [0.1, 0.15) is 18.0 Å². The van der Waals surface area contributed by atoms with E-state index in [1.807, 2.05) is 23.7 Å². The van der Waals surface area contributed by atoms with Gasteiger partial charge in [0, 0.05) is 10.8 Å². The number of nitrogens with zero attached hydrogens (tertiary/aromatic N) is 1. The van der Waals surface area contributed by atoms with Crippen molar-refractivity contribution >= 4 is 49.6 Å². The molecule has 0 bridgehead atoms. The van der Waals surface area contributed by atoms with Crippen LogP contribution in [0.25, 0.3) is 10.2 Å². The van der Waals surface area contributed by atoms with Crippen LogP contribution in [0.4, 0.5) is 105 Å². The number of rotatable bonds is 5. The number of para-hydroxylation sites is 1.